The number of rotatable bonds is 0. The summed E-state index contributed by atoms with van der Waals surface area (Å²) in [7, 11) is 0. The van der Waals surface area contributed by atoms with Crippen LogP contribution in [-0.4, -0.2) is 10.1 Å². The van der Waals surface area contributed by atoms with Crippen molar-refractivity contribution < 1.29 is 0 Å². The number of halogens is 1. The molecule has 0 amide bonds. The van der Waals surface area contributed by atoms with Gasteiger partial charge < -0.3 is 5.32 Å². The molecule has 0 radical (unpaired) electrons. The Morgan fingerprint density at radius 1 is 1.20 bits per heavy atom. The van der Waals surface area contributed by atoms with Gasteiger partial charge >= 0.3 is 0 Å². The highest BCUT2D eigenvalue weighted by atomic mass is 127. The molecule has 2 fully saturated rings. The lowest BCUT2D eigenvalue weighted by Crippen LogP contribution is -2.30. The minimum Gasteiger partial charge on any atom is -0.302 e. The van der Waals surface area contributed by atoms with Crippen molar-refractivity contribution in [2.24, 2.45) is 5.92 Å². The second-order valence-corrected chi connectivity index (χ2v) is 5.02. The molecule has 0 bridgehead atoms. The summed E-state index contributed by atoms with van der Waals surface area (Å²) in [5.41, 5.74) is 0. The Balaban J connectivity index is 1.97. The highest BCUT2D eigenvalue weighted by Crippen LogP contribution is 2.34. The van der Waals surface area contributed by atoms with Gasteiger partial charge in [-0.05, 0) is 25.2 Å². The first-order chi connectivity index (χ1) is 4.86. The maximum absolute atomic E-state index is 3.64. The Labute approximate surface area is 76.1 Å². The zero-order chi connectivity index (χ0) is 6.97. The zero-order valence-electron chi connectivity index (χ0n) is 6.15. The Morgan fingerprint density at radius 3 is 2.80 bits per heavy atom. The van der Waals surface area contributed by atoms with Crippen LogP contribution in [0.15, 0.2) is 0 Å². The first kappa shape index (κ1) is 7.35. The summed E-state index contributed by atoms with van der Waals surface area (Å²) in [6.07, 6.45) is 7.27. The van der Waals surface area contributed by atoms with Gasteiger partial charge in [0.25, 0.3) is 0 Å². The first-order valence-corrected chi connectivity index (χ1v) is 5.51. The third-order valence-corrected chi connectivity index (χ3v) is 3.68. The third kappa shape index (κ3) is 1.33. The summed E-state index contributed by atoms with van der Waals surface area (Å²) in [5, 5.41) is 3.64. The van der Waals surface area contributed by atoms with Crippen molar-refractivity contribution in [3.63, 3.8) is 0 Å². The van der Waals surface area contributed by atoms with Crippen molar-refractivity contribution in [3.05, 3.63) is 0 Å². The topological polar surface area (TPSA) is 12.0 Å². The molecule has 1 N–H and O–H groups in total. The molecule has 58 valence electrons. The fraction of sp³-hybridized carbons (Fsp3) is 1.00. The molecule has 0 unspecified atom stereocenters. The van der Waals surface area contributed by atoms with Gasteiger partial charge in [-0.2, -0.15) is 0 Å². The van der Waals surface area contributed by atoms with Crippen molar-refractivity contribution >= 4 is 22.6 Å². The van der Waals surface area contributed by atoms with Crippen molar-refractivity contribution in [1.82, 2.24) is 5.32 Å². The van der Waals surface area contributed by atoms with E-state index >= 15 is 0 Å². The Bertz CT molecular complexity index is 112. The summed E-state index contributed by atoms with van der Waals surface area (Å²) in [4.78, 5) is 0. The van der Waals surface area contributed by atoms with Crippen LogP contribution in [-0.2, 0) is 0 Å². The maximum Gasteiger partial charge on any atom is 0.0599 e. The van der Waals surface area contributed by atoms with E-state index in [2.05, 4.69) is 27.9 Å². The quantitative estimate of drug-likeness (QED) is 0.395. The molecular formula is C8H14IN. The molecule has 2 aliphatic rings. The summed E-state index contributed by atoms with van der Waals surface area (Å²) < 4.78 is 0.769. The van der Waals surface area contributed by atoms with Crippen molar-refractivity contribution in [2.75, 3.05) is 0 Å². The predicted molar refractivity (Wildman–Crippen MR) is 51.3 cm³/mol. The molecule has 0 spiro atoms. The predicted octanol–water partition coefficient (Wildman–Crippen LogP) is 2.30. The minimum atomic E-state index is 0.769. The molecule has 1 nitrogen and oxygen atoms in total. The van der Waals surface area contributed by atoms with E-state index in [1.807, 2.05) is 0 Å². The van der Waals surface area contributed by atoms with Gasteiger partial charge in [0.05, 0.1) is 4.05 Å². The van der Waals surface area contributed by atoms with Gasteiger partial charge in [-0.25, -0.2) is 0 Å². The van der Waals surface area contributed by atoms with E-state index in [-0.39, 0.29) is 0 Å². The van der Waals surface area contributed by atoms with E-state index in [9.17, 15) is 0 Å². The number of nitrogens with one attached hydrogen (secondary N) is 1. The van der Waals surface area contributed by atoms with Crippen LogP contribution in [0.5, 0.6) is 0 Å². The maximum atomic E-state index is 3.64. The summed E-state index contributed by atoms with van der Waals surface area (Å²) >= 11 is 2.53. The standard InChI is InChI=1S/C8H14IN/c9-8-5-6-3-1-2-4-7(6)10-8/h6-8,10H,1-5H2/t6-,7-,8-/m1/s1. The fourth-order valence-electron chi connectivity index (χ4n) is 2.28. The number of alkyl halides is 1. The highest BCUT2D eigenvalue weighted by Gasteiger charge is 2.33. The molecule has 2 heteroatoms. The molecule has 0 aromatic heterocycles. The summed E-state index contributed by atoms with van der Waals surface area (Å²) in [5.74, 6) is 1.02. The van der Waals surface area contributed by atoms with Gasteiger partial charge in [-0.3, -0.25) is 0 Å². The van der Waals surface area contributed by atoms with Crippen molar-refractivity contribution in [3.8, 4) is 0 Å². The SMILES string of the molecule is I[C@H]1C[C@H]2CCCC[C@H]2N1. The first-order valence-electron chi connectivity index (χ1n) is 4.26. The van der Waals surface area contributed by atoms with Gasteiger partial charge in [0.1, 0.15) is 0 Å². The lowest BCUT2D eigenvalue weighted by molar-refractivity contribution is 0.326. The number of fused-ring (bicyclic) bond motifs is 1. The smallest absolute Gasteiger partial charge is 0.0599 e. The van der Waals surface area contributed by atoms with Crippen LogP contribution in [0.3, 0.4) is 0 Å². The lowest BCUT2D eigenvalue weighted by atomic mass is 9.86. The van der Waals surface area contributed by atoms with Crippen LogP contribution in [0.25, 0.3) is 0 Å². The molecule has 1 saturated carbocycles. The molecule has 1 saturated heterocycles. The molecule has 3 atom stereocenters. The van der Waals surface area contributed by atoms with Crippen molar-refractivity contribution in [2.45, 2.75) is 42.2 Å². The molecular weight excluding hydrogens is 237 g/mol. The largest absolute Gasteiger partial charge is 0.302 e. The lowest BCUT2D eigenvalue weighted by Gasteiger charge is -2.24. The molecule has 1 heterocycles. The second kappa shape index (κ2) is 2.97. The Morgan fingerprint density at radius 2 is 2.00 bits per heavy atom. The third-order valence-electron chi connectivity index (χ3n) is 2.81. The van der Waals surface area contributed by atoms with Gasteiger partial charge in [-0.15, -0.1) is 0 Å². The molecule has 0 aromatic carbocycles. The van der Waals surface area contributed by atoms with E-state index < -0.39 is 0 Å². The highest BCUT2D eigenvalue weighted by molar-refractivity contribution is 14.1. The molecule has 2 rings (SSSR count). The summed E-state index contributed by atoms with van der Waals surface area (Å²) in [6.45, 7) is 0. The van der Waals surface area contributed by atoms with Crippen LogP contribution in [0.2, 0.25) is 0 Å². The van der Waals surface area contributed by atoms with Gasteiger partial charge in [0.2, 0.25) is 0 Å². The monoisotopic (exact) mass is 251 g/mol. The van der Waals surface area contributed by atoms with Crippen LogP contribution in [0.4, 0.5) is 0 Å². The summed E-state index contributed by atoms with van der Waals surface area (Å²) in [6, 6.07) is 0.885. The zero-order valence-corrected chi connectivity index (χ0v) is 8.30. The van der Waals surface area contributed by atoms with Crippen LogP contribution in [0, 0.1) is 5.92 Å². The molecule has 0 aromatic rings. The fourth-order valence-corrected chi connectivity index (χ4v) is 3.39. The van der Waals surface area contributed by atoms with E-state index in [0.29, 0.717) is 0 Å². The second-order valence-electron chi connectivity index (χ2n) is 3.52. The minimum absolute atomic E-state index is 0.769. The van der Waals surface area contributed by atoms with Crippen molar-refractivity contribution in [1.29, 1.82) is 0 Å². The van der Waals surface area contributed by atoms with Crippen LogP contribution >= 0.6 is 22.6 Å². The molecule has 10 heavy (non-hydrogen) atoms. The average molecular weight is 251 g/mol. The van der Waals surface area contributed by atoms with E-state index in [0.717, 1.165) is 16.0 Å². The van der Waals surface area contributed by atoms with Crippen LogP contribution in [0.1, 0.15) is 32.1 Å². The normalized spacial score (nSPS) is 47.1. The van der Waals surface area contributed by atoms with Crippen LogP contribution < -0.4 is 5.32 Å². The Hall–Kier alpha value is 0.690. The Kier molecular flexibility index (Phi) is 2.18. The average Bonchev–Trinajstić information content (AvgIpc) is 2.27. The van der Waals surface area contributed by atoms with Gasteiger partial charge in [0, 0.05) is 6.04 Å². The van der Waals surface area contributed by atoms with E-state index in [1.165, 1.54) is 32.1 Å². The number of hydrogen-bond donors (Lipinski definition) is 1. The van der Waals surface area contributed by atoms with E-state index in [4.69, 9.17) is 0 Å². The number of hydrogen-bond acceptors (Lipinski definition) is 1. The van der Waals surface area contributed by atoms with Gasteiger partial charge in [-0.1, -0.05) is 35.4 Å². The molecule has 1 aliphatic heterocycles. The molecule has 1 aliphatic carbocycles. The van der Waals surface area contributed by atoms with Gasteiger partial charge in [0.15, 0.2) is 0 Å². The van der Waals surface area contributed by atoms with E-state index in [1.54, 1.807) is 0 Å².